The number of hydrogen-bond donors (Lipinski definition) is 3. The van der Waals surface area contributed by atoms with Crippen molar-refractivity contribution in [3.8, 4) is 57.1 Å². The van der Waals surface area contributed by atoms with Gasteiger partial charge in [0, 0.05) is 59.3 Å². The number of fused-ring (bicyclic) bond motifs is 16. The summed E-state index contributed by atoms with van der Waals surface area (Å²) in [7, 11) is 9.34. The molecule has 0 bridgehead atoms. The molecule has 9 aromatic rings. The van der Waals surface area contributed by atoms with Crippen LogP contribution < -0.4 is 43.2 Å². The molecular weight excluding hydrogens is 1340 g/mol. The molecule has 98 heavy (non-hydrogen) atoms. The number of methoxy groups -OCH3 is 4. The van der Waals surface area contributed by atoms with Gasteiger partial charge in [-0.3, -0.25) is 0 Å². The van der Waals surface area contributed by atoms with E-state index in [2.05, 4.69) is 125 Å². The summed E-state index contributed by atoms with van der Waals surface area (Å²) in [5.41, 5.74) is 9.49. The first kappa shape index (κ1) is 73.6. The van der Waals surface area contributed by atoms with E-state index in [0.717, 1.165) is 61.6 Å². The normalized spacial score (nSPS) is 18.1. The van der Waals surface area contributed by atoms with Crippen LogP contribution in [0.3, 0.4) is 0 Å². The van der Waals surface area contributed by atoms with E-state index >= 15 is 0 Å². The Morgan fingerprint density at radius 1 is 0.541 bits per heavy atom. The molecule has 6 aliphatic heterocycles. The molecule has 7 aliphatic rings. The standard InChI is InChI=1S/C24H26O7.C24H24O6.C24H16P.C8H12.3CH3.Rh/c1-24(2)9-15(26)21-16(31-24)6-5-13-22(28-4)20-14-8-17(27-3)12(10-25)7-18(14)29-11-19(20)30-23(13)21;1-24(2)8-7-14-17(30-24)6-5-15-22(14)29-20-12-28-19-9-13(11-25)18(26-3)10-16(19)21(20)23(15)27-4;25-23-14-13-16-7-1-4-10-19(16)24(23)22-15-17-8-2-3-9-18(17)20-11-5-6-12-21(20)22;1-2-4-6-8-7-5-3-1;;;;/h5-8,15,19,25-26H,9-11H2,1-4H3;5-10,20,25H,11-12H2,1-4H3;1-14H,25H2;1-2,7-8H,3-6H2;3*1H3;/q;;-1;;3*-1;/b;;;2-1-,8-7?;;;;/t15?,19-;20-;;;;;;/m11....../s1. The van der Waals surface area contributed by atoms with E-state index < -0.39 is 17.8 Å². The van der Waals surface area contributed by atoms with Crippen molar-refractivity contribution in [2.75, 3.05) is 41.7 Å². The van der Waals surface area contributed by atoms with Crippen LogP contribution in [0.4, 0.5) is 0 Å². The summed E-state index contributed by atoms with van der Waals surface area (Å²) in [6.45, 7) is 8.28. The van der Waals surface area contributed by atoms with Gasteiger partial charge in [-0.05, 0) is 125 Å². The minimum Gasteiger partial charge on any atom is -0.496 e. The zero-order chi connectivity index (χ0) is 65.4. The minimum atomic E-state index is -0.711. The van der Waals surface area contributed by atoms with E-state index in [9.17, 15) is 15.3 Å². The monoisotopic (exact) mass is 1430 g/mol. The molecule has 4 atom stereocenters. The zero-order valence-corrected chi connectivity index (χ0v) is 60.4. The largest absolute Gasteiger partial charge is 0.496 e. The molecule has 16 rings (SSSR count). The van der Waals surface area contributed by atoms with E-state index in [-0.39, 0.29) is 73.3 Å². The van der Waals surface area contributed by atoms with Crippen LogP contribution in [0, 0.1) is 28.3 Å². The van der Waals surface area contributed by atoms with Gasteiger partial charge < -0.3 is 85.0 Å². The zero-order valence-electron chi connectivity index (χ0n) is 57.6. The van der Waals surface area contributed by atoms with Crippen molar-refractivity contribution in [2.45, 2.75) is 103 Å². The molecule has 3 N–H and O–H groups in total. The maximum atomic E-state index is 10.9. The van der Waals surface area contributed by atoms with Crippen molar-refractivity contribution in [1.29, 1.82) is 0 Å². The van der Waals surface area contributed by atoms with Crippen LogP contribution in [0.25, 0.3) is 72.2 Å². The third kappa shape index (κ3) is 14.2. The Morgan fingerprint density at radius 3 is 1.61 bits per heavy atom. The minimum absolute atomic E-state index is 0. The summed E-state index contributed by atoms with van der Waals surface area (Å²) < 4.78 is 59.7. The molecule has 0 saturated carbocycles. The molecule has 2 unspecified atom stereocenters. The van der Waals surface area contributed by atoms with Crippen molar-refractivity contribution < 1.29 is 82.2 Å². The van der Waals surface area contributed by atoms with Crippen molar-refractivity contribution >= 4 is 75.6 Å². The van der Waals surface area contributed by atoms with Gasteiger partial charge in [-0.15, -0.1) is 32.3 Å². The van der Waals surface area contributed by atoms with Gasteiger partial charge in [0.05, 0.1) is 70.0 Å². The van der Waals surface area contributed by atoms with Gasteiger partial charge in [-0.2, -0.15) is 0 Å². The van der Waals surface area contributed by atoms with Crippen LogP contribution in [0.5, 0.6) is 46.0 Å². The summed E-state index contributed by atoms with van der Waals surface area (Å²) in [6.07, 6.45) is 17.1. The third-order valence-electron chi connectivity index (χ3n) is 18.0. The topological polar surface area (TPSA) is 153 Å². The Labute approximate surface area is 592 Å². The summed E-state index contributed by atoms with van der Waals surface area (Å²) in [5.74, 6) is 6.58. The molecule has 0 fully saturated rings. The van der Waals surface area contributed by atoms with E-state index in [4.69, 9.17) is 47.4 Å². The number of allylic oxidation sites excluding steroid dienone is 4. The SMILES string of the molecule is C1=CCC/C=C\CC1.COC1=C2c3cc(OC)c(CO)cc3OC[C@H]2Oc2c1ccc1c2C(O)CC(C)(C)O1.COC1=C2c3cc(OC)c(CO)cc3OC[C@H]2Oc2c1ccc1c2C=CC(C)(C)O1.Pc1ccc2ccccc2c1-c1[c-]c2ccccc2c2ccccc12.[CH3-].[CH3-].[CH3-].[Rh]. The Balaban J connectivity index is 0.000000160. The fourth-order valence-corrected chi connectivity index (χ4v) is 14.0. The molecule has 13 nitrogen and oxygen atoms in total. The van der Waals surface area contributed by atoms with E-state index in [1.165, 1.54) is 69.0 Å². The molecule has 6 heterocycles. The number of aliphatic hydroxyl groups is 3. The summed E-state index contributed by atoms with van der Waals surface area (Å²) in [6, 6.07) is 48.8. The molecule has 0 saturated heterocycles. The van der Waals surface area contributed by atoms with Gasteiger partial charge in [0.2, 0.25) is 0 Å². The van der Waals surface area contributed by atoms with Crippen molar-refractivity contribution in [3.05, 3.63) is 237 Å². The number of rotatable bonds is 7. The molecule has 1 aliphatic carbocycles. The van der Waals surface area contributed by atoms with Crippen LogP contribution in [0.15, 0.2) is 164 Å². The van der Waals surface area contributed by atoms with Gasteiger partial charge in [0.1, 0.15) is 81.9 Å². The molecule has 0 spiro atoms. The maximum Gasteiger partial charge on any atom is 0.162 e. The Bertz CT molecular complexity index is 4550. The maximum absolute atomic E-state index is 10.9. The number of aliphatic hydroxyl groups excluding tert-OH is 3. The predicted molar refractivity (Wildman–Crippen MR) is 395 cm³/mol. The first-order valence-corrected chi connectivity index (χ1v) is 32.5. The predicted octanol–water partition coefficient (Wildman–Crippen LogP) is 17.6. The molecule has 9 aromatic carbocycles. The van der Waals surface area contributed by atoms with Crippen LogP contribution in [0.1, 0.15) is 110 Å². The van der Waals surface area contributed by atoms with Crippen LogP contribution in [0.2, 0.25) is 0 Å². The van der Waals surface area contributed by atoms with Crippen molar-refractivity contribution in [3.63, 3.8) is 0 Å². The average Bonchev–Trinajstić information content (AvgIpc) is 0.741. The summed E-state index contributed by atoms with van der Waals surface area (Å²) in [5, 5.41) is 38.9. The summed E-state index contributed by atoms with van der Waals surface area (Å²) >= 11 is 0. The first-order valence-electron chi connectivity index (χ1n) is 31.9. The van der Waals surface area contributed by atoms with E-state index in [0.29, 0.717) is 70.0 Å². The second-order valence-electron chi connectivity index (χ2n) is 25.1. The third-order valence-corrected chi connectivity index (χ3v) is 18.5. The fraction of sp³-hybridized carbons (Fsp3) is 0.265. The molecular formula is C83H87O13PRh-4. The van der Waals surface area contributed by atoms with Crippen LogP contribution >= 0.6 is 9.24 Å². The number of benzene rings is 9. The van der Waals surface area contributed by atoms with Crippen molar-refractivity contribution in [1.82, 2.24) is 0 Å². The summed E-state index contributed by atoms with van der Waals surface area (Å²) in [4.78, 5) is 0. The van der Waals surface area contributed by atoms with E-state index in [1.807, 2.05) is 82.3 Å². The Morgan fingerprint density at radius 2 is 1.05 bits per heavy atom. The molecule has 0 aromatic heterocycles. The average molecular weight is 1430 g/mol. The van der Waals surface area contributed by atoms with Crippen LogP contribution in [-0.2, 0) is 42.2 Å². The van der Waals surface area contributed by atoms with Gasteiger partial charge in [-0.1, -0.05) is 130 Å². The van der Waals surface area contributed by atoms with Gasteiger partial charge >= 0.3 is 0 Å². The Hall–Kier alpha value is -8.61. The molecule has 1 radical (unpaired) electrons. The van der Waals surface area contributed by atoms with Gasteiger partial charge in [0.25, 0.3) is 0 Å². The first-order chi connectivity index (χ1) is 45.6. The second-order valence-corrected chi connectivity index (χ2v) is 25.8. The molecule has 15 heteroatoms. The van der Waals surface area contributed by atoms with Crippen molar-refractivity contribution in [2.24, 2.45) is 0 Å². The van der Waals surface area contributed by atoms with Crippen LogP contribution in [-0.4, -0.2) is 80.4 Å². The van der Waals surface area contributed by atoms with Gasteiger partial charge in [0.15, 0.2) is 12.2 Å². The smallest absolute Gasteiger partial charge is 0.162 e. The van der Waals surface area contributed by atoms with Gasteiger partial charge in [-0.25, -0.2) is 0 Å². The number of hydrogen-bond acceptors (Lipinski definition) is 13. The van der Waals surface area contributed by atoms with E-state index in [1.54, 1.807) is 34.5 Å². The molecule has 0 amide bonds. The Kier molecular flexibility index (Phi) is 23.3. The fourth-order valence-electron chi connectivity index (χ4n) is 13.6. The molecule has 515 valence electrons. The second kappa shape index (κ2) is 31.1. The number of ether oxygens (including phenoxy) is 10. The quantitative estimate of drug-likeness (QED) is 0.0457.